The molecule has 1 N–H and O–H groups in total. The molecule has 1 fully saturated rings. The number of aliphatic hydroxyl groups excluding tert-OH is 1. The van der Waals surface area contributed by atoms with E-state index in [1.807, 2.05) is 18.2 Å². The third kappa shape index (κ3) is 3.01. The highest BCUT2D eigenvalue weighted by molar-refractivity contribution is 5.45. The van der Waals surface area contributed by atoms with Crippen molar-refractivity contribution in [2.24, 2.45) is 0 Å². The molecule has 2 heterocycles. The second-order valence-corrected chi connectivity index (χ2v) is 5.19. The van der Waals surface area contributed by atoms with E-state index in [1.165, 1.54) is 12.8 Å². The Bertz CT molecular complexity index is 426. The van der Waals surface area contributed by atoms with Crippen LogP contribution in [0.1, 0.15) is 43.8 Å². The molecule has 0 aromatic heterocycles. The lowest BCUT2D eigenvalue weighted by molar-refractivity contribution is 0.0944. The molecule has 2 aliphatic heterocycles. The van der Waals surface area contributed by atoms with Gasteiger partial charge in [-0.2, -0.15) is 0 Å². The maximum absolute atomic E-state index is 10.2. The molecular formula is C15H20O4. The van der Waals surface area contributed by atoms with Crippen molar-refractivity contribution in [3.63, 3.8) is 0 Å². The van der Waals surface area contributed by atoms with Gasteiger partial charge in [-0.15, -0.1) is 0 Å². The molecule has 1 aromatic carbocycles. The summed E-state index contributed by atoms with van der Waals surface area (Å²) >= 11 is 0. The molecule has 3 rings (SSSR count). The van der Waals surface area contributed by atoms with E-state index in [0.717, 1.165) is 42.9 Å². The van der Waals surface area contributed by atoms with Gasteiger partial charge in [0.25, 0.3) is 0 Å². The molecule has 1 aromatic rings. The van der Waals surface area contributed by atoms with E-state index >= 15 is 0 Å². The van der Waals surface area contributed by atoms with Crippen LogP contribution in [-0.2, 0) is 4.74 Å². The summed E-state index contributed by atoms with van der Waals surface area (Å²) in [6, 6.07) is 5.64. The molecule has 1 saturated heterocycles. The quantitative estimate of drug-likeness (QED) is 0.888. The average molecular weight is 264 g/mol. The summed E-state index contributed by atoms with van der Waals surface area (Å²) in [6.45, 7) is 1.17. The van der Waals surface area contributed by atoms with Gasteiger partial charge in [-0.05, 0) is 49.8 Å². The van der Waals surface area contributed by atoms with Gasteiger partial charge in [0.1, 0.15) is 0 Å². The number of hydrogen-bond donors (Lipinski definition) is 1. The fourth-order valence-corrected chi connectivity index (χ4v) is 2.70. The summed E-state index contributed by atoms with van der Waals surface area (Å²) in [5.74, 6) is 1.49. The lowest BCUT2D eigenvalue weighted by atomic mass is 10.0. The summed E-state index contributed by atoms with van der Waals surface area (Å²) in [5.41, 5.74) is 0.900. The van der Waals surface area contributed by atoms with Gasteiger partial charge in [0.2, 0.25) is 6.79 Å². The first kappa shape index (κ1) is 12.8. The van der Waals surface area contributed by atoms with Crippen LogP contribution in [0.25, 0.3) is 0 Å². The van der Waals surface area contributed by atoms with E-state index in [0.29, 0.717) is 6.10 Å². The van der Waals surface area contributed by atoms with E-state index in [2.05, 4.69) is 0 Å². The lowest BCUT2D eigenvalue weighted by Crippen LogP contribution is -2.06. The first-order chi connectivity index (χ1) is 9.33. The SMILES string of the molecule is OC(CCCC1CCCO1)c1ccc2c(c1)OCO2. The molecule has 0 radical (unpaired) electrons. The van der Waals surface area contributed by atoms with E-state index < -0.39 is 6.10 Å². The van der Waals surface area contributed by atoms with E-state index in [1.54, 1.807) is 0 Å². The van der Waals surface area contributed by atoms with Gasteiger partial charge in [-0.25, -0.2) is 0 Å². The third-order valence-electron chi connectivity index (χ3n) is 3.81. The van der Waals surface area contributed by atoms with Crippen molar-refractivity contribution in [2.45, 2.75) is 44.3 Å². The third-order valence-corrected chi connectivity index (χ3v) is 3.81. The van der Waals surface area contributed by atoms with E-state index in [-0.39, 0.29) is 6.79 Å². The standard InChI is InChI=1S/C15H20O4/c16-13(5-1-3-12-4-2-8-17-12)11-6-7-14-15(9-11)19-10-18-14/h6-7,9,12-13,16H,1-5,8,10H2. The molecule has 0 spiro atoms. The Morgan fingerprint density at radius 1 is 1.26 bits per heavy atom. The minimum absolute atomic E-state index is 0.272. The summed E-state index contributed by atoms with van der Waals surface area (Å²) in [7, 11) is 0. The van der Waals surface area contributed by atoms with Crippen molar-refractivity contribution in [1.82, 2.24) is 0 Å². The molecule has 2 atom stereocenters. The Balaban J connectivity index is 1.50. The molecule has 2 aliphatic rings. The normalized spacial score (nSPS) is 22.7. The van der Waals surface area contributed by atoms with Crippen LogP contribution in [0.2, 0.25) is 0 Å². The summed E-state index contributed by atoms with van der Waals surface area (Å²) in [5, 5.41) is 10.2. The first-order valence-corrected chi connectivity index (χ1v) is 7.02. The molecule has 104 valence electrons. The van der Waals surface area contributed by atoms with E-state index in [9.17, 15) is 5.11 Å². The number of aliphatic hydroxyl groups is 1. The molecule has 4 heteroatoms. The molecular weight excluding hydrogens is 244 g/mol. The number of benzene rings is 1. The molecule has 4 nitrogen and oxygen atoms in total. The highest BCUT2D eigenvalue weighted by Gasteiger charge is 2.18. The largest absolute Gasteiger partial charge is 0.454 e. The fraction of sp³-hybridized carbons (Fsp3) is 0.600. The number of fused-ring (bicyclic) bond motifs is 1. The van der Waals surface area contributed by atoms with Gasteiger partial charge in [0, 0.05) is 6.61 Å². The van der Waals surface area contributed by atoms with Crippen LogP contribution in [0.5, 0.6) is 11.5 Å². The second kappa shape index (κ2) is 5.80. The molecule has 19 heavy (non-hydrogen) atoms. The van der Waals surface area contributed by atoms with Gasteiger partial charge < -0.3 is 19.3 Å². The van der Waals surface area contributed by atoms with Crippen LogP contribution >= 0.6 is 0 Å². The van der Waals surface area contributed by atoms with Crippen molar-refractivity contribution in [3.05, 3.63) is 23.8 Å². The minimum atomic E-state index is -0.434. The molecule has 2 unspecified atom stereocenters. The number of hydrogen-bond acceptors (Lipinski definition) is 4. The Hall–Kier alpha value is -1.26. The molecule has 0 aliphatic carbocycles. The van der Waals surface area contributed by atoms with Crippen molar-refractivity contribution >= 4 is 0 Å². The van der Waals surface area contributed by atoms with Gasteiger partial charge in [0.15, 0.2) is 11.5 Å². The van der Waals surface area contributed by atoms with Crippen LogP contribution in [0, 0.1) is 0 Å². The minimum Gasteiger partial charge on any atom is -0.454 e. The Kier molecular flexibility index (Phi) is 3.89. The van der Waals surface area contributed by atoms with Gasteiger partial charge in [0.05, 0.1) is 12.2 Å². The Morgan fingerprint density at radius 3 is 3.00 bits per heavy atom. The predicted molar refractivity (Wildman–Crippen MR) is 70.3 cm³/mol. The highest BCUT2D eigenvalue weighted by atomic mass is 16.7. The second-order valence-electron chi connectivity index (χ2n) is 5.19. The van der Waals surface area contributed by atoms with Crippen molar-refractivity contribution in [1.29, 1.82) is 0 Å². The maximum atomic E-state index is 10.2. The predicted octanol–water partition coefficient (Wildman–Crippen LogP) is 2.80. The van der Waals surface area contributed by atoms with Gasteiger partial charge in [-0.1, -0.05) is 6.07 Å². The fourth-order valence-electron chi connectivity index (χ4n) is 2.70. The van der Waals surface area contributed by atoms with Crippen LogP contribution in [0.3, 0.4) is 0 Å². The van der Waals surface area contributed by atoms with Gasteiger partial charge in [-0.3, -0.25) is 0 Å². The Labute approximate surface area is 113 Å². The Morgan fingerprint density at radius 2 is 2.16 bits per heavy atom. The smallest absolute Gasteiger partial charge is 0.231 e. The zero-order valence-corrected chi connectivity index (χ0v) is 11.0. The highest BCUT2D eigenvalue weighted by Crippen LogP contribution is 2.35. The first-order valence-electron chi connectivity index (χ1n) is 7.02. The maximum Gasteiger partial charge on any atom is 0.231 e. The van der Waals surface area contributed by atoms with E-state index in [4.69, 9.17) is 14.2 Å². The summed E-state index contributed by atoms with van der Waals surface area (Å²) in [6.07, 6.45) is 5.11. The lowest BCUT2D eigenvalue weighted by Gasteiger charge is -2.13. The van der Waals surface area contributed by atoms with Crippen LogP contribution in [0.4, 0.5) is 0 Å². The monoisotopic (exact) mass is 264 g/mol. The van der Waals surface area contributed by atoms with Crippen molar-refractivity contribution in [3.8, 4) is 11.5 Å². The average Bonchev–Trinajstić information content (AvgIpc) is 3.08. The molecule has 0 saturated carbocycles. The number of ether oxygens (including phenoxy) is 3. The van der Waals surface area contributed by atoms with Crippen LogP contribution < -0.4 is 9.47 Å². The van der Waals surface area contributed by atoms with Gasteiger partial charge >= 0.3 is 0 Å². The van der Waals surface area contributed by atoms with Crippen LogP contribution in [0.15, 0.2) is 18.2 Å². The summed E-state index contributed by atoms with van der Waals surface area (Å²) < 4.78 is 16.2. The topological polar surface area (TPSA) is 47.9 Å². The number of rotatable bonds is 5. The van der Waals surface area contributed by atoms with Crippen molar-refractivity contribution in [2.75, 3.05) is 13.4 Å². The zero-order valence-electron chi connectivity index (χ0n) is 11.0. The summed E-state index contributed by atoms with van der Waals surface area (Å²) in [4.78, 5) is 0. The molecule has 0 bridgehead atoms. The van der Waals surface area contributed by atoms with Crippen molar-refractivity contribution < 1.29 is 19.3 Å². The molecule has 0 amide bonds. The van der Waals surface area contributed by atoms with Crippen LogP contribution in [-0.4, -0.2) is 24.6 Å². The zero-order chi connectivity index (χ0) is 13.1.